The minimum absolute atomic E-state index is 0. The molecule has 70 valence electrons. The van der Waals surface area contributed by atoms with E-state index in [-0.39, 0.29) is 24.8 Å². The van der Waals surface area contributed by atoms with Crippen molar-refractivity contribution in [1.82, 2.24) is 0 Å². The Morgan fingerprint density at radius 1 is 0.923 bits per heavy atom. The van der Waals surface area contributed by atoms with Crippen molar-refractivity contribution in [1.29, 1.82) is 0 Å². The topological polar surface area (TPSA) is 14.1 Å². The van der Waals surface area contributed by atoms with Crippen molar-refractivity contribution >= 4 is 22.5 Å². The molecule has 0 aliphatic rings. The first-order valence-corrected chi connectivity index (χ1v) is 3.80. The Morgan fingerprint density at radius 3 is 2.38 bits per heavy atom. The highest BCUT2D eigenvalue weighted by molar-refractivity contribution is 6.28. The number of halogens is 3. The monoisotopic (exact) mass is 234 g/mol. The first-order valence-electron chi connectivity index (χ1n) is 3.43. The van der Waals surface area contributed by atoms with Crippen LogP contribution >= 0.6 is 11.6 Å². The Labute approximate surface area is 93.9 Å². The highest BCUT2D eigenvalue weighted by atomic mass is 35.5. The van der Waals surface area contributed by atoms with Gasteiger partial charge in [-0.1, -0.05) is 12.1 Å². The van der Waals surface area contributed by atoms with Gasteiger partial charge in [0.25, 0.3) is 5.15 Å². The molecule has 0 aliphatic heterocycles. The van der Waals surface area contributed by atoms with E-state index >= 15 is 0 Å². The van der Waals surface area contributed by atoms with Gasteiger partial charge in [0.05, 0.1) is 0 Å². The molecule has 0 unspecified atom stereocenters. The van der Waals surface area contributed by atoms with Crippen LogP contribution in [0, 0.1) is 0 Å². The minimum Gasteiger partial charge on any atom is -1.00 e. The Kier molecular flexibility index (Phi) is 5.07. The minimum atomic E-state index is 0. The van der Waals surface area contributed by atoms with Crippen LogP contribution in [0.2, 0.25) is 5.15 Å². The average molecular weight is 236 g/mol. The Bertz CT molecular complexity index is 389. The second kappa shape index (κ2) is 5.28. The molecule has 0 radical (unpaired) electrons. The summed E-state index contributed by atoms with van der Waals surface area (Å²) in [6.45, 7) is 0. The zero-order valence-electron chi connectivity index (χ0n) is 6.60. The summed E-state index contributed by atoms with van der Waals surface area (Å²) < 4.78 is 0. The number of hydrogen-bond donors (Lipinski definition) is 0. The van der Waals surface area contributed by atoms with Gasteiger partial charge in [-0.3, -0.25) is 0 Å². The van der Waals surface area contributed by atoms with Gasteiger partial charge in [0.15, 0.2) is 0 Å². The molecule has 0 fully saturated rings. The number of aromatic nitrogens is 1. The lowest BCUT2D eigenvalue weighted by atomic mass is 10.2. The molecule has 2 rings (SSSR count). The van der Waals surface area contributed by atoms with E-state index in [9.17, 15) is 0 Å². The van der Waals surface area contributed by atoms with Gasteiger partial charge in [-0.25, -0.2) is 0 Å². The predicted molar refractivity (Wildman–Crippen MR) is 45.5 cm³/mol. The summed E-state index contributed by atoms with van der Waals surface area (Å²) in [6, 6.07) is 11.9. The Morgan fingerprint density at radius 2 is 1.62 bits per heavy atom. The van der Waals surface area contributed by atoms with Gasteiger partial charge >= 0.3 is 0 Å². The molecule has 4 heteroatoms. The molecule has 0 saturated carbocycles. The van der Waals surface area contributed by atoms with Crippen molar-refractivity contribution in [3.05, 3.63) is 41.6 Å². The highest BCUT2D eigenvalue weighted by Gasteiger charge is 1.99. The number of hydrogen-bond acceptors (Lipinski definition) is 0. The number of nitrogens with one attached hydrogen (secondary N) is 1. The van der Waals surface area contributed by atoms with Crippen LogP contribution in [-0.4, -0.2) is 0 Å². The first kappa shape index (κ1) is 12.5. The molecular weight excluding hydrogens is 228 g/mol. The van der Waals surface area contributed by atoms with Crippen molar-refractivity contribution in [2.24, 2.45) is 0 Å². The number of para-hydroxylation sites is 1. The number of H-pyrrole nitrogens is 1. The van der Waals surface area contributed by atoms with Crippen molar-refractivity contribution in [2.75, 3.05) is 0 Å². The lowest BCUT2D eigenvalue weighted by Gasteiger charge is -1.88. The van der Waals surface area contributed by atoms with E-state index in [0.717, 1.165) is 5.52 Å². The van der Waals surface area contributed by atoms with E-state index in [1.807, 2.05) is 36.4 Å². The maximum absolute atomic E-state index is 5.76. The summed E-state index contributed by atoms with van der Waals surface area (Å²) in [6.07, 6.45) is 0. The molecule has 1 aromatic carbocycles. The summed E-state index contributed by atoms with van der Waals surface area (Å²) in [7, 11) is 0. The summed E-state index contributed by atoms with van der Waals surface area (Å²) in [5, 5.41) is 1.85. The fourth-order valence-corrected chi connectivity index (χ4v) is 1.25. The van der Waals surface area contributed by atoms with Crippen LogP contribution in [0.3, 0.4) is 0 Å². The van der Waals surface area contributed by atoms with E-state index in [4.69, 9.17) is 11.6 Å². The van der Waals surface area contributed by atoms with Gasteiger partial charge in [0.1, 0.15) is 0 Å². The number of pyridine rings is 1. The maximum Gasteiger partial charge on any atom is 0.273 e. The second-order valence-corrected chi connectivity index (χ2v) is 2.80. The standard InChI is InChI=1S/C9H6ClN.2ClH/c10-9-6-5-7-3-1-2-4-8(7)11-9;;/h1-6H;2*1H/p-1. The molecule has 0 saturated heterocycles. The molecule has 1 heterocycles. The molecule has 0 atom stereocenters. The molecule has 1 aromatic heterocycles. The normalized spacial score (nSPS) is 8.69. The van der Waals surface area contributed by atoms with Crippen LogP contribution in [0.5, 0.6) is 0 Å². The molecule has 0 aliphatic carbocycles. The lowest BCUT2D eigenvalue weighted by Crippen LogP contribution is -3.00. The number of benzene rings is 1. The third-order valence-electron chi connectivity index (χ3n) is 1.62. The number of fused-ring (bicyclic) bond motifs is 1. The van der Waals surface area contributed by atoms with Gasteiger partial charge in [-0.15, -0.1) is 0 Å². The summed E-state index contributed by atoms with van der Waals surface area (Å²) in [5.41, 5.74) is 1.07. The van der Waals surface area contributed by atoms with Crippen molar-refractivity contribution in [2.45, 2.75) is 0 Å². The van der Waals surface area contributed by atoms with E-state index in [0.29, 0.717) is 5.15 Å². The Hall–Kier alpha value is -0.500. The number of aromatic amines is 1. The van der Waals surface area contributed by atoms with Gasteiger partial charge in [-0.05, 0) is 23.7 Å². The van der Waals surface area contributed by atoms with Crippen molar-refractivity contribution in [3.63, 3.8) is 0 Å². The predicted octanol–water partition coefficient (Wildman–Crippen LogP) is -3.68. The molecule has 0 bridgehead atoms. The van der Waals surface area contributed by atoms with Gasteiger partial charge in [0.2, 0.25) is 5.52 Å². The fourth-order valence-electron chi connectivity index (χ4n) is 1.09. The Balaban J connectivity index is 0.000000720. The zero-order valence-corrected chi connectivity index (χ0v) is 8.87. The molecule has 1 N–H and O–H groups in total. The van der Waals surface area contributed by atoms with Gasteiger partial charge in [0, 0.05) is 17.5 Å². The van der Waals surface area contributed by atoms with Crippen LogP contribution in [0.25, 0.3) is 10.9 Å². The third kappa shape index (κ3) is 2.73. The highest BCUT2D eigenvalue weighted by Crippen LogP contribution is 2.09. The molecule has 0 amide bonds. The van der Waals surface area contributed by atoms with Gasteiger partial charge in [-0.2, -0.15) is 4.98 Å². The number of rotatable bonds is 0. The van der Waals surface area contributed by atoms with Crippen LogP contribution in [0.1, 0.15) is 0 Å². The zero-order chi connectivity index (χ0) is 7.68. The molecule has 1 nitrogen and oxygen atoms in total. The second-order valence-electron chi connectivity index (χ2n) is 2.39. The van der Waals surface area contributed by atoms with Crippen LogP contribution < -0.4 is 29.8 Å². The summed E-state index contributed by atoms with van der Waals surface area (Å²) >= 11 is 5.76. The lowest BCUT2D eigenvalue weighted by molar-refractivity contribution is -0.342. The van der Waals surface area contributed by atoms with Crippen LogP contribution in [0.15, 0.2) is 36.4 Å². The van der Waals surface area contributed by atoms with Crippen LogP contribution in [0.4, 0.5) is 0 Å². The summed E-state index contributed by atoms with van der Waals surface area (Å²) in [5.74, 6) is 0. The smallest absolute Gasteiger partial charge is 0.273 e. The fraction of sp³-hybridized carbons (Fsp3) is 0. The van der Waals surface area contributed by atoms with E-state index < -0.39 is 0 Å². The average Bonchev–Trinajstić information content (AvgIpc) is 2.04. The van der Waals surface area contributed by atoms with Gasteiger partial charge < -0.3 is 24.8 Å². The largest absolute Gasteiger partial charge is 1.00 e. The molecule has 2 aromatic rings. The van der Waals surface area contributed by atoms with Crippen molar-refractivity contribution < 1.29 is 29.8 Å². The van der Waals surface area contributed by atoms with Crippen molar-refractivity contribution in [3.8, 4) is 0 Å². The quantitative estimate of drug-likeness (QED) is 0.418. The van der Waals surface area contributed by atoms with E-state index in [2.05, 4.69) is 4.98 Å². The molecule has 0 spiro atoms. The van der Waals surface area contributed by atoms with Crippen LogP contribution in [-0.2, 0) is 0 Å². The molecular formula is C9H7Cl3N-. The SMILES string of the molecule is Clc1ccc2ccccc2[nH+]1.[Cl-].[Cl-]. The maximum atomic E-state index is 5.76. The van der Waals surface area contributed by atoms with E-state index in [1.54, 1.807) is 0 Å². The summed E-state index contributed by atoms with van der Waals surface area (Å²) in [4.78, 5) is 3.06. The van der Waals surface area contributed by atoms with E-state index in [1.165, 1.54) is 5.39 Å². The first-order chi connectivity index (χ1) is 5.36. The third-order valence-corrected chi connectivity index (χ3v) is 1.84. The molecule has 13 heavy (non-hydrogen) atoms.